The first-order chi connectivity index (χ1) is 7.56. The highest BCUT2D eigenvalue weighted by molar-refractivity contribution is 5.77. The molecule has 0 aliphatic heterocycles. The van der Waals surface area contributed by atoms with E-state index in [-0.39, 0.29) is 11.9 Å². The first-order valence-corrected chi connectivity index (χ1v) is 6.44. The summed E-state index contributed by atoms with van der Waals surface area (Å²) in [6, 6.07) is 0. The summed E-state index contributed by atoms with van der Waals surface area (Å²) in [5, 5.41) is 0. The molecule has 0 bridgehead atoms. The van der Waals surface area contributed by atoms with Crippen LogP contribution in [0.4, 0.5) is 0 Å². The Morgan fingerprint density at radius 3 is 2.50 bits per heavy atom. The van der Waals surface area contributed by atoms with E-state index in [1.165, 1.54) is 12.8 Å². The highest BCUT2D eigenvalue weighted by Crippen LogP contribution is 2.41. The maximum absolute atomic E-state index is 12.1. The Morgan fingerprint density at radius 2 is 2.12 bits per heavy atom. The first kappa shape index (κ1) is 13.5. The fourth-order valence-corrected chi connectivity index (χ4v) is 2.19. The van der Waals surface area contributed by atoms with E-state index >= 15 is 0 Å². The van der Waals surface area contributed by atoms with Crippen LogP contribution in [0.5, 0.6) is 0 Å². The zero-order chi connectivity index (χ0) is 12.2. The van der Waals surface area contributed by atoms with Crippen molar-refractivity contribution in [1.82, 2.24) is 0 Å². The van der Waals surface area contributed by atoms with E-state index in [2.05, 4.69) is 13.8 Å². The summed E-state index contributed by atoms with van der Waals surface area (Å²) >= 11 is 0. The predicted molar refractivity (Wildman–Crippen MR) is 64.9 cm³/mol. The van der Waals surface area contributed by atoms with Gasteiger partial charge in [-0.25, -0.2) is 0 Å². The molecule has 1 atom stereocenters. The molecular weight excluding hydrogens is 202 g/mol. The number of hydrogen-bond donors (Lipinski definition) is 1. The molecule has 1 fully saturated rings. The second-order valence-corrected chi connectivity index (χ2v) is 5.22. The van der Waals surface area contributed by atoms with Gasteiger partial charge in [0.15, 0.2) is 0 Å². The molecule has 94 valence electrons. The third kappa shape index (κ3) is 2.97. The number of esters is 1. The van der Waals surface area contributed by atoms with Crippen LogP contribution in [-0.2, 0) is 9.53 Å². The van der Waals surface area contributed by atoms with Crippen LogP contribution in [0.15, 0.2) is 0 Å². The molecule has 1 aliphatic carbocycles. The Morgan fingerprint density at radius 1 is 1.50 bits per heavy atom. The summed E-state index contributed by atoms with van der Waals surface area (Å²) in [6.07, 6.45) is 4.64. The molecule has 1 unspecified atom stereocenters. The lowest BCUT2D eigenvalue weighted by Crippen LogP contribution is -2.44. The maximum Gasteiger partial charge on any atom is 0.313 e. The second-order valence-electron chi connectivity index (χ2n) is 5.22. The number of carbonyl (C=O) groups excluding carboxylic acids is 1. The van der Waals surface area contributed by atoms with Crippen molar-refractivity contribution in [2.24, 2.45) is 23.0 Å². The van der Waals surface area contributed by atoms with E-state index in [0.29, 0.717) is 13.2 Å². The van der Waals surface area contributed by atoms with Crippen molar-refractivity contribution in [2.75, 3.05) is 13.2 Å². The summed E-state index contributed by atoms with van der Waals surface area (Å²) in [5.41, 5.74) is 5.39. The van der Waals surface area contributed by atoms with Crippen molar-refractivity contribution in [3.63, 3.8) is 0 Å². The summed E-state index contributed by atoms with van der Waals surface area (Å²) in [4.78, 5) is 12.1. The number of hydrogen-bond acceptors (Lipinski definition) is 3. The largest absolute Gasteiger partial charge is 0.466 e. The van der Waals surface area contributed by atoms with Crippen LogP contribution in [0, 0.1) is 17.3 Å². The van der Waals surface area contributed by atoms with Gasteiger partial charge in [-0.3, -0.25) is 4.79 Å². The van der Waals surface area contributed by atoms with Crippen molar-refractivity contribution in [1.29, 1.82) is 0 Å². The van der Waals surface area contributed by atoms with Crippen molar-refractivity contribution in [3.8, 4) is 0 Å². The molecule has 1 rings (SSSR count). The molecule has 16 heavy (non-hydrogen) atoms. The summed E-state index contributed by atoms with van der Waals surface area (Å²) in [6.45, 7) is 6.82. The Balaban J connectivity index is 2.66. The Kier molecular flexibility index (Phi) is 4.78. The minimum absolute atomic E-state index is 0.104. The number of nitrogens with two attached hydrogens (primary N) is 1. The fraction of sp³-hybridized carbons (Fsp3) is 0.923. The van der Waals surface area contributed by atoms with Gasteiger partial charge in [0.2, 0.25) is 0 Å². The van der Waals surface area contributed by atoms with Crippen LogP contribution in [0.2, 0.25) is 0 Å². The average Bonchev–Trinajstić information content (AvgIpc) is 3.03. The normalized spacial score (nSPS) is 19.6. The molecule has 0 spiro atoms. The van der Waals surface area contributed by atoms with E-state index in [0.717, 1.165) is 18.8 Å². The summed E-state index contributed by atoms with van der Waals surface area (Å²) in [7, 11) is 0. The van der Waals surface area contributed by atoms with E-state index in [1.54, 1.807) is 0 Å². The zero-order valence-corrected chi connectivity index (χ0v) is 10.8. The lowest BCUT2D eigenvalue weighted by Gasteiger charge is -2.34. The molecule has 0 aromatic rings. The fourth-order valence-electron chi connectivity index (χ4n) is 2.19. The van der Waals surface area contributed by atoms with Crippen molar-refractivity contribution >= 4 is 5.97 Å². The van der Waals surface area contributed by atoms with Gasteiger partial charge in [-0.15, -0.1) is 0 Å². The average molecular weight is 227 g/mol. The minimum atomic E-state index is -0.460. The van der Waals surface area contributed by atoms with Crippen molar-refractivity contribution in [3.05, 3.63) is 0 Å². The highest BCUT2D eigenvalue weighted by atomic mass is 16.5. The molecule has 2 N–H and O–H groups in total. The Bertz CT molecular complexity index is 236. The van der Waals surface area contributed by atoms with Gasteiger partial charge in [0.25, 0.3) is 0 Å². The molecule has 3 heteroatoms. The van der Waals surface area contributed by atoms with Gasteiger partial charge < -0.3 is 10.5 Å². The van der Waals surface area contributed by atoms with Crippen LogP contribution in [-0.4, -0.2) is 19.1 Å². The molecular formula is C13H25NO2. The molecule has 0 aromatic heterocycles. The smallest absolute Gasteiger partial charge is 0.313 e. The molecule has 3 nitrogen and oxygen atoms in total. The number of rotatable bonds is 7. The lowest BCUT2D eigenvalue weighted by molar-refractivity contribution is -0.158. The molecule has 1 aliphatic rings. The second kappa shape index (κ2) is 5.67. The zero-order valence-electron chi connectivity index (χ0n) is 10.8. The van der Waals surface area contributed by atoms with E-state index < -0.39 is 5.41 Å². The maximum atomic E-state index is 12.1. The molecule has 0 saturated heterocycles. The van der Waals surface area contributed by atoms with E-state index in [9.17, 15) is 4.79 Å². The SMILES string of the molecule is CCOC(=O)C(CN)(CCC1CC1)C(C)C. The highest BCUT2D eigenvalue weighted by Gasteiger charge is 2.42. The minimum Gasteiger partial charge on any atom is -0.466 e. The molecule has 0 aromatic carbocycles. The predicted octanol–water partition coefficient (Wildman–Crippen LogP) is 2.34. The van der Waals surface area contributed by atoms with Crippen LogP contribution >= 0.6 is 0 Å². The van der Waals surface area contributed by atoms with Crippen LogP contribution in [0.3, 0.4) is 0 Å². The van der Waals surface area contributed by atoms with Crippen LogP contribution < -0.4 is 5.73 Å². The number of ether oxygens (including phenoxy) is 1. The van der Waals surface area contributed by atoms with Gasteiger partial charge in [-0.05, 0) is 31.6 Å². The van der Waals surface area contributed by atoms with Gasteiger partial charge in [0, 0.05) is 6.54 Å². The molecule has 0 heterocycles. The Labute approximate surface area is 98.7 Å². The Hall–Kier alpha value is -0.570. The molecule has 1 saturated carbocycles. The van der Waals surface area contributed by atoms with Gasteiger partial charge in [-0.1, -0.05) is 26.7 Å². The molecule has 0 radical (unpaired) electrons. The number of carbonyl (C=O) groups is 1. The van der Waals surface area contributed by atoms with Crippen LogP contribution in [0.25, 0.3) is 0 Å². The quantitative estimate of drug-likeness (QED) is 0.679. The lowest BCUT2D eigenvalue weighted by atomic mass is 9.73. The third-order valence-corrected chi connectivity index (χ3v) is 3.85. The molecule has 0 amide bonds. The van der Waals surface area contributed by atoms with Gasteiger partial charge in [0.05, 0.1) is 12.0 Å². The van der Waals surface area contributed by atoms with E-state index in [1.807, 2.05) is 6.92 Å². The third-order valence-electron chi connectivity index (χ3n) is 3.85. The van der Waals surface area contributed by atoms with Crippen molar-refractivity contribution in [2.45, 2.75) is 46.5 Å². The monoisotopic (exact) mass is 227 g/mol. The van der Waals surface area contributed by atoms with E-state index in [4.69, 9.17) is 10.5 Å². The van der Waals surface area contributed by atoms with Gasteiger partial charge in [0.1, 0.15) is 0 Å². The van der Waals surface area contributed by atoms with Gasteiger partial charge >= 0.3 is 5.97 Å². The summed E-state index contributed by atoms with van der Waals surface area (Å²) < 4.78 is 5.19. The first-order valence-electron chi connectivity index (χ1n) is 6.44. The van der Waals surface area contributed by atoms with Crippen LogP contribution in [0.1, 0.15) is 46.5 Å². The standard InChI is InChI=1S/C13H25NO2/c1-4-16-12(15)13(9-14,10(2)3)8-7-11-5-6-11/h10-11H,4-9,14H2,1-3H3. The van der Waals surface area contributed by atoms with Gasteiger partial charge in [-0.2, -0.15) is 0 Å². The topological polar surface area (TPSA) is 52.3 Å². The van der Waals surface area contributed by atoms with Crippen molar-refractivity contribution < 1.29 is 9.53 Å². The summed E-state index contributed by atoms with van der Waals surface area (Å²) in [5.74, 6) is 0.975.